The smallest absolute Gasteiger partial charge is 0.263 e. The largest absolute Gasteiger partial charge is 0.384 e. The predicted octanol–water partition coefficient (Wildman–Crippen LogP) is 2.34. The number of amides is 1. The zero-order chi connectivity index (χ0) is 14.6. The molecule has 1 unspecified atom stereocenters. The summed E-state index contributed by atoms with van der Waals surface area (Å²) in [5, 5.41) is 14.1. The molecule has 0 saturated carbocycles. The Morgan fingerprint density at radius 2 is 2.10 bits per heavy atom. The lowest BCUT2D eigenvalue weighted by Gasteiger charge is -2.24. The number of rotatable bonds is 5. The van der Waals surface area contributed by atoms with Crippen LogP contribution in [0.15, 0.2) is 36.5 Å². The van der Waals surface area contributed by atoms with Crippen molar-refractivity contribution in [2.45, 2.75) is 25.9 Å². The van der Waals surface area contributed by atoms with E-state index in [1.54, 1.807) is 13.1 Å². The third-order valence-electron chi connectivity index (χ3n) is 3.07. The van der Waals surface area contributed by atoms with Gasteiger partial charge in [-0.3, -0.25) is 4.79 Å². The molecule has 1 amide bonds. The summed E-state index contributed by atoms with van der Waals surface area (Å²) in [4.78, 5) is 16.7. The van der Waals surface area contributed by atoms with Crippen molar-refractivity contribution in [3.8, 4) is 0 Å². The minimum absolute atomic E-state index is 0.162. The van der Waals surface area contributed by atoms with Gasteiger partial charge in [0.1, 0.15) is 10.5 Å². The van der Waals surface area contributed by atoms with Gasteiger partial charge < -0.3 is 10.4 Å². The Bertz CT molecular complexity index is 579. The topological polar surface area (TPSA) is 62.2 Å². The van der Waals surface area contributed by atoms with Gasteiger partial charge in [0.15, 0.2) is 0 Å². The van der Waals surface area contributed by atoms with E-state index in [1.165, 1.54) is 11.3 Å². The van der Waals surface area contributed by atoms with Crippen LogP contribution < -0.4 is 5.32 Å². The molecule has 0 radical (unpaired) electrons. The van der Waals surface area contributed by atoms with E-state index in [2.05, 4.69) is 10.3 Å². The first kappa shape index (κ1) is 14.7. The molecule has 0 aliphatic heterocycles. The number of aryl methyl sites for hydroxylation is 1. The Balaban J connectivity index is 1.99. The van der Waals surface area contributed by atoms with Gasteiger partial charge in [0.25, 0.3) is 5.91 Å². The van der Waals surface area contributed by atoms with Gasteiger partial charge in [-0.1, -0.05) is 37.3 Å². The number of carbonyl (C=O) groups is 1. The number of carbonyl (C=O) groups excluding carboxylic acids is 1. The molecule has 2 aromatic rings. The second-order valence-electron chi connectivity index (χ2n) is 4.79. The zero-order valence-corrected chi connectivity index (χ0v) is 12.4. The molecule has 0 bridgehead atoms. The molecule has 1 aromatic carbocycles. The maximum absolute atomic E-state index is 12.0. The summed E-state index contributed by atoms with van der Waals surface area (Å²) in [5.74, 6) is -0.196. The van der Waals surface area contributed by atoms with Gasteiger partial charge >= 0.3 is 0 Å². The van der Waals surface area contributed by atoms with E-state index in [-0.39, 0.29) is 12.5 Å². The number of hydrogen-bond acceptors (Lipinski definition) is 4. The van der Waals surface area contributed by atoms with Gasteiger partial charge in [-0.2, -0.15) is 0 Å². The first-order valence-corrected chi connectivity index (χ1v) is 7.35. The number of benzene rings is 1. The fourth-order valence-corrected chi connectivity index (χ4v) is 2.59. The molecule has 4 nitrogen and oxygen atoms in total. The van der Waals surface area contributed by atoms with Crippen molar-refractivity contribution >= 4 is 17.2 Å². The van der Waals surface area contributed by atoms with Gasteiger partial charge in [-0.15, -0.1) is 11.3 Å². The summed E-state index contributed by atoms with van der Waals surface area (Å²) in [6.45, 7) is 3.85. The lowest BCUT2D eigenvalue weighted by Crippen LogP contribution is -2.38. The van der Waals surface area contributed by atoms with Gasteiger partial charge in [0.2, 0.25) is 0 Å². The average molecular weight is 290 g/mol. The third-order valence-corrected chi connectivity index (χ3v) is 4.21. The highest BCUT2D eigenvalue weighted by Crippen LogP contribution is 2.19. The average Bonchev–Trinajstić information content (AvgIpc) is 2.95. The summed E-state index contributed by atoms with van der Waals surface area (Å²) < 4.78 is 0. The van der Waals surface area contributed by atoms with Crippen molar-refractivity contribution in [2.75, 3.05) is 6.54 Å². The van der Waals surface area contributed by atoms with Crippen LogP contribution in [-0.4, -0.2) is 22.5 Å². The molecule has 1 heterocycles. The Kier molecular flexibility index (Phi) is 4.52. The van der Waals surface area contributed by atoms with Crippen molar-refractivity contribution in [1.82, 2.24) is 10.3 Å². The van der Waals surface area contributed by atoms with Crippen molar-refractivity contribution in [2.24, 2.45) is 0 Å². The first-order valence-electron chi connectivity index (χ1n) is 6.53. The van der Waals surface area contributed by atoms with Crippen molar-refractivity contribution in [3.63, 3.8) is 0 Å². The first-order chi connectivity index (χ1) is 9.53. The highest BCUT2D eigenvalue weighted by atomic mass is 32.1. The summed E-state index contributed by atoms with van der Waals surface area (Å²) >= 11 is 1.38. The molecule has 2 N–H and O–H groups in total. The second-order valence-corrected chi connectivity index (χ2v) is 5.91. The van der Waals surface area contributed by atoms with Crippen LogP contribution >= 0.6 is 11.3 Å². The van der Waals surface area contributed by atoms with Crippen LogP contribution in [0.1, 0.15) is 34.1 Å². The van der Waals surface area contributed by atoms with E-state index >= 15 is 0 Å². The molecule has 0 aliphatic carbocycles. The fourth-order valence-electron chi connectivity index (χ4n) is 1.82. The quantitative estimate of drug-likeness (QED) is 0.888. The number of aromatic nitrogens is 1. The summed E-state index contributed by atoms with van der Waals surface area (Å²) in [7, 11) is 0. The summed E-state index contributed by atoms with van der Waals surface area (Å²) in [5.41, 5.74) is -0.311. The predicted molar refractivity (Wildman–Crippen MR) is 79.8 cm³/mol. The Morgan fingerprint density at radius 3 is 2.70 bits per heavy atom. The molecule has 0 spiro atoms. The lowest BCUT2D eigenvalue weighted by molar-refractivity contribution is 0.0527. The molecule has 1 atom stereocenters. The number of hydrogen-bond donors (Lipinski definition) is 2. The van der Waals surface area contributed by atoms with Crippen molar-refractivity contribution < 1.29 is 9.90 Å². The molecule has 0 fully saturated rings. The molecule has 2 rings (SSSR count). The molecule has 106 valence electrons. The third kappa shape index (κ3) is 3.43. The minimum Gasteiger partial charge on any atom is -0.384 e. The van der Waals surface area contributed by atoms with Crippen LogP contribution in [0.25, 0.3) is 0 Å². The molecular weight excluding hydrogens is 272 g/mol. The normalized spacial score (nSPS) is 13.8. The van der Waals surface area contributed by atoms with Crippen molar-refractivity contribution in [3.05, 3.63) is 52.0 Å². The number of thiazole rings is 1. The molecule has 0 saturated heterocycles. The van der Waals surface area contributed by atoms with E-state index in [0.29, 0.717) is 4.88 Å². The lowest BCUT2D eigenvalue weighted by atomic mass is 9.96. The second kappa shape index (κ2) is 6.15. The van der Waals surface area contributed by atoms with E-state index in [4.69, 9.17) is 0 Å². The number of nitrogens with zero attached hydrogens (tertiary/aromatic N) is 1. The van der Waals surface area contributed by atoms with Gasteiger partial charge in [0.05, 0.1) is 17.7 Å². The SMILES string of the molecule is CCc1ncc(C(=O)NCC(C)(O)c2ccccc2)s1. The number of aliphatic hydroxyl groups is 1. The maximum Gasteiger partial charge on any atom is 0.263 e. The van der Waals surface area contributed by atoms with Gasteiger partial charge in [-0.05, 0) is 18.9 Å². The summed E-state index contributed by atoms with van der Waals surface area (Å²) in [6.07, 6.45) is 2.40. The van der Waals surface area contributed by atoms with Crippen LogP contribution in [0.3, 0.4) is 0 Å². The van der Waals surface area contributed by atoms with Crippen LogP contribution in [-0.2, 0) is 12.0 Å². The highest BCUT2D eigenvalue weighted by Gasteiger charge is 2.24. The molecular formula is C15H18N2O2S. The molecule has 1 aromatic heterocycles. The zero-order valence-electron chi connectivity index (χ0n) is 11.6. The van der Waals surface area contributed by atoms with E-state index in [0.717, 1.165) is 17.0 Å². The molecule has 0 aliphatic rings. The van der Waals surface area contributed by atoms with E-state index in [1.807, 2.05) is 37.3 Å². The maximum atomic E-state index is 12.0. The Morgan fingerprint density at radius 1 is 1.40 bits per heavy atom. The van der Waals surface area contributed by atoms with Gasteiger partial charge in [0, 0.05) is 0 Å². The summed E-state index contributed by atoms with van der Waals surface area (Å²) in [6, 6.07) is 9.30. The number of nitrogens with one attached hydrogen (secondary N) is 1. The Labute approximate surface area is 122 Å². The minimum atomic E-state index is -1.09. The van der Waals surface area contributed by atoms with E-state index in [9.17, 15) is 9.90 Å². The monoisotopic (exact) mass is 290 g/mol. The van der Waals surface area contributed by atoms with Crippen LogP contribution in [0, 0.1) is 0 Å². The van der Waals surface area contributed by atoms with Gasteiger partial charge in [-0.25, -0.2) is 4.98 Å². The fraction of sp³-hybridized carbons (Fsp3) is 0.333. The van der Waals surface area contributed by atoms with Crippen LogP contribution in [0.4, 0.5) is 0 Å². The molecule has 20 heavy (non-hydrogen) atoms. The Hall–Kier alpha value is -1.72. The van der Waals surface area contributed by atoms with Crippen LogP contribution in [0.2, 0.25) is 0 Å². The van der Waals surface area contributed by atoms with Crippen molar-refractivity contribution in [1.29, 1.82) is 0 Å². The van der Waals surface area contributed by atoms with E-state index < -0.39 is 5.60 Å². The highest BCUT2D eigenvalue weighted by molar-refractivity contribution is 7.13. The van der Waals surface area contributed by atoms with Crippen LogP contribution in [0.5, 0.6) is 0 Å². The standard InChI is InChI=1S/C15H18N2O2S/c1-3-13-16-9-12(20-13)14(18)17-10-15(2,19)11-7-5-4-6-8-11/h4-9,19H,3,10H2,1-2H3,(H,17,18). The molecule has 5 heteroatoms.